The SMILES string of the molecule is CCc1ccc2c(CC(=O)NNC(=O)Cn3nc(C)cc3C)coc2c1. The summed E-state index contributed by atoms with van der Waals surface area (Å²) in [5.74, 6) is -0.650. The Balaban J connectivity index is 1.56. The molecule has 136 valence electrons. The van der Waals surface area contributed by atoms with E-state index < -0.39 is 0 Å². The van der Waals surface area contributed by atoms with Crippen molar-refractivity contribution in [3.63, 3.8) is 0 Å². The molecule has 7 nitrogen and oxygen atoms in total. The maximum Gasteiger partial charge on any atom is 0.260 e. The minimum absolute atomic E-state index is 0.0500. The molecule has 3 aromatic rings. The van der Waals surface area contributed by atoms with Crippen LogP contribution in [0.2, 0.25) is 0 Å². The van der Waals surface area contributed by atoms with E-state index in [0.717, 1.165) is 34.3 Å². The lowest BCUT2D eigenvalue weighted by Gasteiger charge is -2.08. The zero-order valence-corrected chi connectivity index (χ0v) is 15.1. The molecule has 0 aliphatic carbocycles. The second-order valence-corrected chi connectivity index (χ2v) is 6.30. The first-order valence-corrected chi connectivity index (χ1v) is 8.54. The van der Waals surface area contributed by atoms with Crippen LogP contribution in [0.15, 0.2) is 34.9 Å². The highest BCUT2D eigenvalue weighted by Gasteiger charge is 2.12. The number of hydrogen-bond acceptors (Lipinski definition) is 4. The van der Waals surface area contributed by atoms with Crippen molar-refractivity contribution in [3.8, 4) is 0 Å². The zero-order chi connectivity index (χ0) is 18.7. The van der Waals surface area contributed by atoms with Crippen molar-refractivity contribution in [1.29, 1.82) is 0 Å². The van der Waals surface area contributed by atoms with Crippen LogP contribution in [0.25, 0.3) is 11.0 Å². The Morgan fingerprint density at radius 2 is 1.92 bits per heavy atom. The molecule has 0 bridgehead atoms. The van der Waals surface area contributed by atoms with Crippen molar-refractivity contribution in [1.82, 2.24) is 20.6 Å². The van der Waals surface area contributed by atoms with Gasteiger partial charge in [-0.25, -0.2) is 0 Å². The Hall–Kier alpha value is -3.09. The normalized spacial score (nSPS) is 10.9. The van der Waals surface area contributed by atoms with Gasteiger partial charge in [-0.2, -0.15) is 5.10 Å². The molecule has 0 aliphatic heterocycles. The fraction of sp³-hybridized carbons (Fsp3) is 0.316. The number of carbonyl (C=O) groups excluding carboxylic acids is 2. The topological polar surface area (TPSA) is 89.2 Å². The van der Waals surface area contributed by atoms with Crippen LogP contribution in [-0.2, 0) is 29.0 Å². The molecule has 7 heteroatoms. The maximum absolute atomic E-state index is 12.1. The van der Waals surface area contributed by atoms with Crippen molar-refractivity contribution < 1.29 is 14.0 Å². The van der Waals surface area contributed by atoms with Crippen LogP contribution in [0.3, 0.4) is 0 Å². The average molecular weight is 354 g/mol. The monoisotopic (exact) mass is 354 g/mol. The minimum Gasteiger partial charge on any atom is -0.464 e. The summed E-state index contributed by atoms with van der Waals surface area (Å²) in [7, 11) is 0. The van der Waals surface area contributed by atoms with Gasteiger partial charge in [-0.05, 0) is 38.0 Å². The summed E-state index contributed by atoms with van der Waals surface area (Å²) in [6.07, 6.45) is 2.63. The molecule has 0 spiro atoms. The van der Waals surface area contributed by atoms with E-state index in [2.05, 4.69) is 22.9 Å². The number of benzene rings is 1. The molecule has 26 heavy (non-hydrogen) atoms. The smallest absolute Gasteiger partial charge is 0.260 e. The first-order chi connectivity index (χ1) is 12.5. The van der Waals surface area contributed by atoms with Crippen LogP contribution in [0.5, 0.6) is 0 Å². The first kappa shape index (κ1) is 17.7. The van der Waals surface area contributed by atoms with E-state index in [-0.39, 0.29) is 24.8 Å². The van der Waals surface area contributed by atoms with Gasteiger partial charge >= 0.3 is 0 Å². The lowest BCUT2D eigenvalue weighted by atomic mass is 10.1. The lowest BCUT2D eigenvalue weighted by Crippen LogP contribution is -2.44. The van der Waals surface area contributed by atoms with Gasteiger partial charge in [0.05, 0.1) is 18.4 Å². The number of nitrogens with zero attached hydrogens (tertiary/aromatic N) is 2. The maximum atomic E-state index is 12.1. The highest BCUT2D eigenvalue weighted by Crippen LogP contribution is 2.23. The molecular weight excluding hydrogens is 332 g/mol. The molecule has 2 heterocycles. The highest BCUT2D eigenvalue weighted by molar-refractivity contribution is 5.89. The molecule has 0 aliphatic rings. The fourth-order valence-corrected chi connectivity index (χ4v) is 2.85. The Morgan fingerprint density at radius 1 is 1.15 bits per heavy atom. The molecular formula is C19H22N4O3. The van der Waals surface area contributed by atoms with Gasteiger partial charge in [0.25, 0.3) is 5.91 Å². The molecule has 3 rings (SSSR count). The van der Waals surface area contributed by atoms with Gasteiger partial charge in [-0.3, -0.25) is 25.1 Å². The summed E-state index contributed by atoms with van der Waals surface area (Å²) in [4.78, 5) is 24.1. The van der Waals surface area contributed by atoms with Gasteiger partial charge in [-0.1, -0.05) is 19.1 Å². The Morgan fingerprint density at radius 3 is 2.62 bits per heavy atom. The van der Waals surface area contributed by atoms with Crippen LogP contribution in [0, 0.1) is 13.8 Å². The van der Waals surface area contributed by atoms with Gasteiger partial charge < -0.3 is 4.42 Å². The van der Waals surface area contributed by atoms with E-state index in [0.29, 0.717) is 0 Å². The molecule has 2 N–H and O–H groups in total. The number of fused-ring (bicyclic) bond motifs is 1. The summed E-state index contributed by atoms with van der Waals surface area (Å²) in [5, 5.41) is 5.13. The number of aromatic nitrogens is 2. The van der Waals surface area contributed by atoms with Gasteiger partial charge in [0.2, 0.25) is 5.91 Å². The molecule has 2 amide bonds. The lowest BCUT2D eigenvalue weighted by molar-refractivity contribution is -0.129. The first-order valence-electron chi connectivity index (χ1n) is 8.54. The third-order valence-corrected chi connectivity index (χ3v) is 4.22. The number of nitrogens with one attached hydrogen (secondary N) is 2. The van der Waals surface area contributed by atoms with E-state index in [9.17, 15) is 9.59 Å². The molecule has 0 saturated carbocycles. The molecule has 0 atom stereocenters. The number of carbonyl (C=O) groups is 2. The number of hydrogen-bond donors (Lipinski definition) is 2. The number of aryl methyl sites for hydroxylation is 3. The summed E-state index contributed by atoms with van der Waals surface area (Å²) in [6, 6.07) is 7.85. The Bertz CT molecular complexity index is 955. The van der Waals surface area contributed by atoms with E-state index in [1.807, 2.05) is 38.1 Å². The summed E-state index contributed by atoms with van der Waals surface area (Å²) >= 11 is 0. The fourth-order valence-electron chi connectivity index (χ4n) is 2.85. The van der Waals surface area contributed by atoms with Crippen LogP contribution in [-0.4, -0.2) is 21.6 Å². The molecule has 2 aromatic heterocycles. The predicted molar refractivity (Wildman–Crippen MR) is 97.3 cm³/mol. The van der Waals surface area contributed by atoms with Crippen LogP contribution < -0.4 is 10.9 Å². The molecule has 0 radical (unpaired) electrons. The summed E-state index contributed by atoms with van der Waals surface area (Å²) in [5.41, 5.74) is 9.31. The van der Waals surface area contributed by atoms with E-state index in [1.54, 1.807) is 10.9 Å². The standard InChI is InChI=1S/C19H22N4O3/c1-4-14-5-6-16-15(11-26-17(16)8-14)9-18(24)20-21-19(25)10-23-13(3)7-12(2)22-23/h5-8,11H,4,9-10H2,1-3H3,(H,20,24)(H,21,25). The second kappa shape index (κ2) is 7.43. The predicted octanol–water partition coefficient (Wildman–Crippen LogP) is 2.20. The minimum atomic E-state index is -0.339. The zero-order valence-electron chi connectivity index (χ0n) is 15.1. The molecule has 0 unspecified atom stereocenters. The number of furan rings is 1. The van der Waals surface area contributed by atoms with E-state index in [1.165, 1.54) is 5.56 Å². The van der Waals surface area contributed by atoms with Crippen molar-refractivity contribution in [2.45, 2.75) is 40.2 Å². The highest BCUT2D eigenvalue weighted by atomic mass is 16.3. The van der Waals surface area contributed by atoms with Crippen LogP contribution in [0.1, 0.15) is 29.4 Å². The molecule has 0 saturated heterocycles. The third kappa shape index (κ3) is 3.93. The van der Waals surface area contributed by atoms with Crippen molar-refractivity contribution in [2.24, 2.45) is 0 Å². The summed E-state index contributed by atoms with van der Waals surface area (Å²) in [6.45, 7) is 5.86. The van der Waals surface area contributed by atoms with Crippen molar-refractivity contribution in [2.75, 3.05) is 0 Å². The van der Waals surface area contributed by atoms with Gasteiger partial charge in [-0.15, -0.1) is 0 Å². The second-order valence-electron chi connectivity index (χ2n) is 6.30. The number of amides is 2. The summed E-state index contributed by atoms with van der Waals surface area (Å²) < 4.78 is 7.12. The van der Waals surface area contributed by atoms with Gasteiger partial charge in [0.15, 0.2) is 0 Å². The van der Waals surface area contributed by atoms with Crippen LogP contribution >= 0.6 is 0 Å². The Labute approximate surface area is 151 Å². The molecule has 1 aromatic carbocycles. The Kier molecular flexibility index (Phi) is 5.06. The average Bonchev–Trinajstić information content (AvgIpc) is 3.15. The van der Waals surface area contributed by atoms with E-state index in [4.69, 9.17) is 4.42 Å². The van der Waals surface area contributed by atoms with Crippen molar-refractivity contribution in [3.05, 3.63) is 53.0 Å². The number of hydrazine groups is 1. The quantitative estimate of drug-likeness (QED) is 0.688. The van der Waals surface area contributed by atoms with Gasteiger partial charge in [0, 0.05) is 16.6 Å². The largest absolute Gasteiger partial charge is 0.464 e. The third-order valence-electron chi connectivity index (χ3n) is 4.22. The molecule has 0 fully saturated rings. The van der Waals surface area contributed by atoms with Crippen LogP contribution in [0.4, 0.5) is 0 Å². The number of rotatable bonds is 5. The van der Waals surface area contributed by atoms with Crippen molar-refractivity contribution >= 4 is 22.8 Å². The van der Waals surface area contributed by atoms with E-state index >= 15 is 0 Å². The van der Waals surface area contributed by atoms with Gasteiger partial charge in [0.1, 0.15) is 12.1 Å².